The van der Waals surface area contributed by atoms with Crippen molar-refractivity contribution in [3.05, 3.63) is 53.9 Å². The lowest BCUT2D eigenvalue weighted by atomic mass is 10.1. The Morgan fingerprint density at radius 1 is 1.25 bits per heavy atom. The summed E-state index contributed by atoms with van der Waals surface area (Å²) in [5.74, 6) is -0.0509. The number of nitrogen functional groups attached to an aromatic ring is 1. The highest BCUT2D eigenvalue weighted by atomic mass is 16.2. The van der Waals surface area contributed by atoms with Gasteiger partial charge >= 0.3 is 0 Å². The van der Waals surface area contributed by atoms with Crippen LogP contribution in [0.5, 0.6) is 0 Å². The third-order valence-corrected chi connectivity index (χ3v) is 3.03. The van der Waals surface area contributed by atoms with E-state index < -0.39 is 0 Å². The number of carbonyl (C=O) groups is 1. The number of nitrogens with zero attached hydrogens (tertiary/aromatic N) is 3. The molecule has 1 heterocycles. The number of nitrogens with two attached hydrogens (primary N) is 1. The molecule has 0 fully saturated rings. The molecule has 20 heavy (non-hydrogen) atoms. The van der Waals surface area contributed by atoms with Crippen LogP contribution in [0.25, 0.3) is 0 Å². The highest BCUT2D eigenvalue weighted by molar-refractivity contribution is 5.93. The average molecular weight is 270 g/mol. The Morgan fingerprint density at radius 2 is 2.05 bits per heavy atom. The number of rotatable bonds is 5. The molecule has 0 saturated carbocycles. The molecule has 0 saturated heterocycles. The molecule has 5 heteroatoms. The lowest BCUT2D eigenvalue weighted by Crippen LogP contribution is -2.31. The first-order valence-corrected chi connectivity index (χ1v) is 6.61. The Balaban J connectivity index is 2.19. The van der Waals surface area contributed by atoms with Crippen LogP contribution in [0.3, 0.4) is 0 Å². The predicted octanol–water partition coefficient (Wildman–Crippen LogP) is 2.11. The summed E-state index contributed by atoms with van der Waals surface area (Å²) in [6.45, 7) is 3.22. The fourth-order valence-corrected chi connectivity index (χ4v) is 2.01. The van der Waals surface area contributed by atoms with E-state index in [1.807, 2.05) is 31.2 Å². The van der Waals surface area contributed by atoms with Crippen molar-refractivity contribution in [3.8, 4) is 0 Å². The molecule has 0 aliphatic rings. The highest BCUT2D eigenvalue weighted by Gasteiger charge is 2.16. The molecule has 0 spiro atoms. The first kappa shape index (κ1) is 14.0. The molecule has 1 aromatic carbocycles. The molecule has 0 aliphatic carbocycles. The van der Waals surface area contributed by atoms with Crippen molar-refractivity contribution in [2.45, 2.75) is 19.9 Å². The Morgan fingerprint density at radius 3 is 2.70 bits per heavy atom. The molecule has 0 atom stereocenters. The van der Waals surface area contributed by atoms with Gasteiger partial charge in [0.05, 0.1) is 18.0 Å². The van der Waals surface area contributed by atoms with Gasteiger partial charge in [-0.25, -0.2) is 0 Å². The fourth-order valence-electron chi connectivity index (χ4n) is 2.01. The van der Waals surface area contributed by atoms with Crippen LogP contribution in [0.1, 0.15) is 29.3 Å². The zero-order valence-electron chi connectivity index (χ0n) is 11.5. The minimum Gasteiger partial charge on any atom is -0.398 e. The summed E-state index contributed by atoms with van der Waals surface area (Å²) < 4.78 is 0. The van der Waals surface area contributed by atoms with Crippen molar-refractivity contribution in [1.82, 2.24) is 15.1 Å². The van der Waals surface area contributed by atoms with Crippen molar-refractivity contribution >= 4 is 11.6 Å². The monoisotopic (exact) mass is 270 g/mol. The van der Waals surface area contributed by atoms with Crippen LogP contribution < -0.4 is 5.73 Å². The fraction of sp³-hybridized carbons (Fsp3) is 0.267. The lowest BCUT2D eigenvalue weighted by Gasteiger charge is -2.22. The van der Waals surface area contributed by atoms with Gasteiger partial charge in [-0.3, -0.25) is 4.79 Å². The van der Waals surface area contributed by atoms with Crippen LogP contribution in [-0.4, -0.2) is 27.5 Å². The Bertz CT molecular complexity index is 571. The lowest BCUT2D eigenvalue weighted by molar-refractivity contribution is 0.0743. The number of amides is 1. The van der Waals surface area contributed by atoms with Gasteiger partial charge in [0.2, 0.25) is 0 Å². The number of hydrogen-bond donors (Lipinski definition) is 1. The van der Waals surface area contributed by atoms with Gasteiger partial charge in [0, 0.05) is 18.8 Å². The van der Waals surface area contributed by atoms with Crippen LogP contribution in [0.4, 0.5) is 5.69 Å². The van der Waals surface area contributed by atoms with Crippen LogP contribution in [0, 0.1) is 0 Å². The Kier molecular flexibility index (Phi) is 4.65. The summed E-state index contributed by atoms with van der Waals surface area (Å²) in [7, 11) is 0. The van der Waals surface area contributed by atoms with Crippen molar-refractivity contribution in [3.63, 3.8) is 0 Å². The number of benzene rings is 1. The van der Waals surface area contributed by atoms with Gasteiger partial charge in [0.15, 0.2) is 0 Å². The van der Waals surface area contributed by atoms with Crippen LogP contribution >= 0.6 is 0 Å². The minimum absolute atomic E-state index is 0.0509. The molecular weight excluding hydrogens is 252 g/mol. The molecule has 104 valence electrons. The maximum atomic E-state index is 12.5. The standard InChI is InChI=1S/C15H18N4O/c1-2-9-19(11-13-5-3-4-6-14(13)16)15(20)12-7-8-17-18-10-12/h3-8,10H,2,9,11,16H2,1H3. The number of anilines is 1. The van der Waals surface area contributed by atoms with Gasteiger partial charge in [0.25, 0.3) is 5.91 Å². The van der Waals surface area contributed by atoms with Crippen molar-refractivity contribution in [2.24, 2.45) is 0 Å². The van der Waals surface area contributed by atoms with E-state index >= 15 is 0 Å². The SMILES string of the molecule is CCCN(Cc1ccccc1N)C(=O)c1ccnnc1. The molecule has 0 bridgehead atoms. The van der Waals surface area contributed by atoms with Crippen molar-refractivity contribution in [2.75, 3.05) is 12.3 Å². The molecule has 2 N–H and O–H groups in total. The van der Waals surface area contributed by atoms with E-state index in [1.54, 1.807) is 11.0 Å². The van der Waals surface area contributed by atoms with E-state index in [1.165, 1.54) is 12.4 Å². The Hall–Kier alpha value is -2.43. The van der Waals surface area contributed by atoms with Gasteiger partial charge in [-0.05, 0) is 24.1 Å². The summed E-state index contributed by atoms with van der Waals surface area (Å²) in [5, 5.41) is 7.44. The number of aromatic nitrogens is 2. The maximum absolute atomic E-state index is 12.5. The van der Waals surface area contributed by atoms with Crippen molar-refractivity contribution < 1.29 is 4.79 Å². The Labute approximate surface area is 118 Å². The minimum atomic E-state index is -0.0509. The molecular formula is C15H18N4O. The average Bonchev–Trinajstić information content (AvgIpc) is 2.49. The summed E-state index contributed by atoms with van der Waals surface area (Å²) in [5.41, 5.74) is 8.15. The summed E-state index contributed by atoms with van der Waals surface area (Å²) >= 11 is 0. The summed E-state index contributed by atoms with van der Waals surface area (Å²) in [4.78, 5) is 14.2. The number of hydrogen-bond acceptors (Lipinski definition) is 4. The zero-order valence-corrected chi connectivity index (χ0v) is 11.5. The number of carbonyl (C=O) groups excluding carboxylic acids is 1. The maximum Gasteiger partial charge on any atom is 0.255 e. The molecule has 5 nitrogen and oxygen atoms in total. The molecule has 0 radical (unpaired) electrons. The first-order chi connectivity index (χ1) is 9.72. The van der Waals surface area contributed by atoms with E-state index in [9.17, 15) is 4.79 Å². The topological polar surface area (TPSA) is 72.1 Å². The molecule has 0 aliphatic heterocycles. The van der Waals surface area contributed by atoms with E-state index in [2.05, 4.69) is 10.2 Å². The van der Waals surface area contributed by atoms with E-state index in [4.69, 9.17) is 5.73 Å². The summed E-state index contributed by atoms with van der Waals surface area (Å²) in [6, 6.07) is 9.27. The summed E-state index contributed by atoms with van der Waals surface area (Å²) in [6.07, 6.45) is 3.89. The van der Waals surface area contributed by atoms with Crippen LogP contribution in [0.15, 0.2) is 42.7 Å². The number of para-hydroxylation sites is 1. The predicted molar refractivity (Wildman–Crippen MR) is 77.9 cm³/mol. The van der Waals surface area contributed by atoms with E-state index in [0.717, 1.165) is 12.0 Å². The second-order valence-corrected chi connectivity index (χ2v) is 4.56. The van der Waals surface area contributed by atoms with Crippen molar-refractivity contribution in [1.29, 1.82) is 0 Å². The zero-order chi connectivity index (χ0) is 14.4. The van der Waals surface area contributed by atoms with E-state index in [-0.39, 0.29) is 5.91 Å². The van der Waals surface area contributed by atoms with Gasteiger partial charge in [-0.2, -0.15) is 10.2 Å². The molecule has 2 rings (SSSR count). The van der Waals surface area contributed by atoms with Crippen LogP contribution in [-0.2, 0) is 6.54 Å². The van der Waals surface area contributed by atoms with E-state index in [0.29, 0.717) is 24.3 Å². The molecule has 1 aromatic heterocycles. The second kappa shape index (κ2) is 6.65. The third-order valence-electron chi connectivity index (χ3n) is 3.03. The van der Waals surface area contributed by atoms with Gasteiger partial charge < -0.3 is 10.6 Å². The second-order valence-electron chi connectivity index (χ2n) is 4.56. The quantitative estimate of drug-likeness (QED) is 0.845. The third kappa shape index (κ3) is 3.32. The first-order valence-electron chi connectivity index (χ1n) is 6.61. The molecule has 2 aromatic rings. The molecule has 1 amide bonds. The normalized spacial score (nSPS) is 10.2. The van der Waals surface area contributed by atoms with Gasteiger partial charge in [-0.15, -0.1) is 0 Å². The smallest absolute Gasteiger partial charge is 0.255 e. The largest absolute Gasteiger partial charge is 0.398 e. The van der Waals surface area contributed by atoms with Gasteiger partial charge in [-0.1, -0.05) is 25.1 Å². The van der Waals surface area contributed by atoms with Crippen LogP contribution in [0.2, 0.25) is 0 Å². The molecule has 0 unspecified atom stereocenters. The van der Waals surface area contributed by atoms with Gasteiger partial charge in [0.1, 0.15) is 0 Å². The highest BCUT2D eigenvalue weighted by Crippen LogP contribution is 2.15.